The highest BCUT2D eigenvalue weighted by molar-refractivity contribution is 7.90. The van der Waals surface area contributed by atoms with Crippen LogP contribution in [0.5, 0.6) is 0 Å². The third kappa shape index (κ3) is 6.11. The highest BCUT2D eigenvalue weighted by Gasteiger charge is 2.29. The molecule has 1 unspecified atom stereocenters. The number of alkyl carbamates (subject to hydrolysis) is 1. The first kappa shape index (κ1) is 25.2. The molecule has 3 aromatic rings. The number of benzene rings is 1. The summed E-state index contributed by atoms with van der Waals surface area (Å²) < 4.78 is 47.7. The molecule has 0 bridgehead atoms. The number of amides is 1. The van der Waals surface area contributed by atoms with Gasteiger partial charge in [-0.1, -0.05) is 24.3 Å². The van der Waals surface area contributed by atoms with E-state index in [9.17, 15) is 17.6 Å². The average Bonchev–Trinajstić information content (AvgIpc) is 3.19. The summed E-state index contributed by atoms with van der Waals surface area (Å²) in [6, 6.07) is 10.7. The lowest BCUT2D eigenvalue weighted by Gasteiger charge is -2.19. The number of hydrogen-bond acceptors (Lipinski definition) is 5. The van der Waals surface area contributed by atoms with Crippen molar-refractivity contribution >= 4 is 16.1 Å². The molecule has 2 heterocycles. The Morgan fingerprint density at radius 1 is 1.26 bits per heavy atom. The summed E-state index contributed by atoms with van der Waals surface area (Å²) in [5.74, 6) is -0.483. The second-order valence-corrected chi connectivity index (χ2v) is 10.6. The maximum Gasteiger partial charge on any atom is 0.407 e. The molecule has 180 valence electrons. The molecule has 0 aliphatic carbocycles. The van der Waals surface area contributed by atoms with E-state index < -0.39 is 32.8 Å². The summed E-state index contributed by atoms with van der Waals surface area (Å²) in [6.45, 7) is 9.24. The van der Waals surface area contributed by atoms with Gasteiger partial charge in [0.25, 0.3) is 0 Å². The molecule has 1 amide bonds. The molecule has 1 atom stereocenters. The van der Waals surface area contributed by atoms with Crippen LogP contribution in [0.2, 0.25) is 0 Å². The van der Waals surface area contributed by atoms with Gasteiger partial charge < -0.3 is 10.1 Å². The van der Waals surface area contributed by atoms with Crippen LogP contribution >= 0.6 is 0 Å². The van der Waals surface area contributed by atoms with E-state index in [2.05, 4.69) is 16.9 Å². The number of pyridine rings is 1. The Hall–Kier alpha value is -3.46. The SMILES string of the molecule is C=CC(c1cccnc1)S(=O)(=O)n1cc(CCNC(=O)OC(C)(C)C)cc1-c1cccc(F)c1. The number of rotatable bonds is 8. The van der Waals surface area contributed by atoms with Gasteiger partial charge in [0.1, 0.15) is 16.7 Å². The Morgan fingerprint density at radius 3 is 2.65 bits per heavy atom. The first-order chi connectivity index (χ1) is 16.0. The van der Waals surface area contributed by atoms with Crippen molar-refractivity contribution in [3.8, 4) is 11.3 Å². The lowest BCUT2D eigenvalue weighted by Crippen LogP contribution is -2.33. The smallest absolute Gasteiger partial charge is 0.407 e. The monoisotopic (exact) mass is 485 g/mol. The number of hydrogen-bond donors (Lipinski definition) is 1. The Bertz CT molecular complexity index is 1260. The second kappa shape index (κ2) is 10.2. The number of aromatic nitrogens is 2. The molecule has 0 radical (unpaired) electrons. The highest BCUT2D eigenvalue weighted by Crippen LogP contribution is 2.31. The van der Waals surface area contributed by atoms with E-state index in [1.54, 1.807) is 51.2 Å². The Labute approximate surface area is 199 Å². The van der Waals surface area contributed by atoms with Gasteiger partial charge >= 0.3 is 6.09 Å². The molecule has 0 saturated heterocycles. The van der Waals surface area contributed by atoms with Crippen LogP contribution in [0.15, 0.2) is 73.7 Å². The Morgan fingerprint density at radius 2 is 2.03 bits per heavy atom. The Balaban J connectivity index is 1.96. The fraction of sp³-hybridized carbons (Fsp3) is 0.280. The van der Waals surface area contributed by atoms with Gasteiger partial charge in [0.2, 0.25) is 10.0 Å². The van der Waals surface area contributed by atoms with E-state index >= 15 is 0 Å². The predicted molar refractivity (Wildman–Crippen MR) is 129 cm³/mol. The molecule has 7 nitrogen and oxygen atoms in total. The summed E-state index contributed by atoms with van der Waals surface area (Å²) in [6.07, 6.45) is 5.63. The van der Waals surface area contributed by atoms with Crippen LogP contribution in [-0.4, -0.2) is 35.6 Å². The van der Waals surface area contributed by atoms with Gasteiger partial charge in [0.15, 0.2) is 0 Å². The summed E-state index contributed by atoms with van der Waals surface area (Å²) in [4.78, 5) is 15.9. The third-order valence-electron chi connectivity index (χ3n) is 4.87. The molecule has 0 aliphatic rings. The molecule has 0 fully saturated rings. The van der Waals surface area contributed by atoms with Gasteiger partial charge in [0, 0.05) is 30.7 Å². The number of carbonyl (C=O) groups excluding carboxylic acids is 1. The molecule has 34 heavy (non-hydrogen) atoms. The van der Waals surface area contributed by atoms with E-state index in [0.717, 1.165) is 3.97 Å². The summed E-state index contributed by atoms with van der Waals surface area (Å²) in [5, 5.41) is 1.60. The largest absolute Gasteiger partial charge is 0.444 e. The quantitative estimate of drug-likeness (QED) is 0.460. The van der Waals surface area contributed by atoms with Crippen molar-refractivity contribution in [2.45, 2.75) is 38.0 Å². The molecule has 2 aromatic heterocycles. The molecule has 1 N–H and O–H groups in total. The normalized spacial score (nSPS) is 12.7. The number of carbonyl (C=O) groups is 1. The standard InChI is InChI=1S/C25H28FN3O4S/c1-5-23(20-9-7-12-27-16-20)34(31,32)29-17-18(11-13-28-24(30)33-25(2,3)4)14-22(29)19-8-6-10-21(26)15-19/h5-10,12,14-17,23H,1,11,13H2,2-4H3,(H,28,30). The van der Waals surface area contributed by atoms with E-state index in [1.165, 1.54) is 36.7 Å². The van der Waals surface area contributed by atoms with Crippen LogP contribution in [0.1, 0.15) is 37.1 Å². The first-order valence-corrected chi connectivity index (χ1v) is 12.2. The molecule has 9 heteroatoms. The van der Waals surface area contributed by atoms with Crippen LogP contribution in [-0.2, 0) is 21.2 Å². The van der Waals surface area contributed by atoms with Crippen molar-refractivity contribution in [3.05, 3.63) is 90.7 Å². The number of nitrogens with one attached hydrogen (secondary N) is 1. The van der Waals surface area contributed by atoms with Gasteiger partial charge in [0.05, 0.1) is 5.69 Å². The maximum absolute atomic E-state index is 14.0. The van der Waals surface area contributed by atoms with E-state index in [-0.39, 0.29) is 6.54 Å². The molecule has 0 aliphatic heterocycles. The molecule has 1 aromatic carbocycles. The van der Waals surface area contributed by atoms with Crippen LogP contribution in [0, 0.1) is 5.82 Å². The highest BCUT2D eigenvalue weighted by atomic mass is 32.2. The van der Waals surface area contributed by atoms with Gasteiger partial charge in [-0.15, -0.1) is 6.58 Å². The van der Waals surface area contributed by atoms with Crippen molar-refractivity contribution in [2.24, 2.45) is 0 Å². The zero-order valence-corrected chi connectivity index (χ0v) is 20.2. The second-order valence-electron chi connectivity index (χ2n) is 8.71. The lowest BCUT2D eigenvalue weighted by atomic mass is 10.1. The summed E-state index contributed by atoms with van der Waals surface area (Å²) in [7, 11) is -4.02. The minimum Gasteiger partial charge on any atom is -0.444 e. The predicted octanol–water partition coefficient (Wildman–Crippen LogP) is 4.86. The van der Waals surface area contributed by atoms with Crippen molar-refractivity contribution in [1.29, 1.82) is 0 Å². The first-order valence-electron chi connectivity index (χ1n) is 10.7. The van der Waals surface area contributed by atoms with Gasteiger partial charge in [-0.05, 0) is 62.6 Å². The summed E-state index contributed by atoms with van der Waals surface area (Å²) >= 11 is 0. The molecule has 3 rings (SSSR count). The molecular formula is C25H28FN3O4S. The molecule has 0 spiro atoms. The molecular weight excluding hydrogens is 457 g/mol. The number of nitrogens with zero attached hydrogens (tertiary/aromatic N) is 2. The van der Waals surface area contributed by atoms with Crippen molar-refractivity contribution in [1.82, 2.24) is 14.3 Å². The topological polar surface area (TPSA) is 90.3 Å². The minimum absolute atomic E-state index is 0.231. The van der Waals surface area contributed by atoms with Crippen LogP contribution in [0.25, 0.3) is 11.3 Å². The fourth-order valence-corrected chi connectivity index (χ4v) is 5.11. The fourth-order valence-electron chi connectivity index (χ4n) is 3.42. The van der Waals surface area contributed by atoms with Crippen LogP contribution < -0.4 is 5.32 Å². The van der Waals surface area contributed by atoms with Crippen molar-refractivity contribution in [2.75, 3.05) is 6.54 Å². The third-order valence-corrected chi connectivity index (χ3v) is 6.82. The number of ether oxygens (including phenoxy) is 1. The average molecular weight is 486 g/mol. The van der Waals surface area contributed by atoms with E-state index in [4.69, 9.17) is 4.74 Å². The zero-order chi connectivity index (χ0) is 24.9. The Kier molecular flexibility index (Phi) is 7.56. The van der Waals surface area contributed by atoms with E-state index in [1.807, 2.05) is 0 Å². The van der Waals surface area contributed by atoms with Gasteiger partial charge in [-0.25, -0.2) is 21.6 Å². The van der Waals surface area contributed by atoms with Crippen molar-refractivity contribution < 1.29 is 22.3 Å². The van der Waals surface area contributed by atoms with Gasteiger partial charge in [-0.3, -0.25) is 4.98 Å². The van der Waals surface area contributed by atoms with Crippen molar-refractivity contribution in [3.63, 3.8) is 0 Å². The maximum atomic E-state index is 14.0. The van der Waals surface area contributed by atoms with Crippen LogP contribution in [0.4, 0.5) is 9.18 Å². The minimum atomic E-state index is -4.02. The van der Waals surface area contributed by atoms with E-state index in [0.29, 0.717) is 28.8 Å². The molecule has 0 saturated carbocycles. The lowest BCUT2D eigenvalue weighted by molar-refractivity contribution is 0.0528. The van der Waals surface area contributed by atoms with Crippen LogP contribution in [0.3, 0.4) is 0 Å². The number of halogens is 1. The summed E-state index contributed by atoms with van der Waals surface area (Å²) in [5.41, 5.74) is 1.20. The zero-order valence-electron chi connectivity index (χ0n) is 19.4. The van der Waals surface area contributed by atoms with Gasteiger partial charge in [-0.2, -0.15) is 0 Å².